The third-order valence-electron chi connectivity index (χ3n) is 4.89. The molecular formula is C17H29N3. The largest absolute Gasteiger partial charge is 0.332 e. The molecule has 1 aliphatic heterocycles. The molecule has 0 aromatic carbocycles. The number of fused-ring (bicyclic) bond motifs is 1. The van der Waals surface area contributed by atoms with Gasteiger partial charge in [-0.15, -0.1) is 0 Å². The average molecular weight is 275 g/mol. The van der Waals surface area contributed by atoms with Crippen LogP contribution in [-0.2, 0) is 25.9 Å². The van der Waals surface area contributed by atoms with E-state index in [1.165, 1.54) is 55.9 Å². The molecule has 0 unspecified atom stereocenters. The van der Waals surface area contributed by atoms with Gasteiger partial charge in [-0.25, -0.2) is 4.98 Å². The first-order valence-corrected chi connectivity index (χ1v) is 8.52. The number of nitrogens with zero attached hydrogens (tertiary/aromatic N) is 2. The molecule has 3 heteroatoms. The van der Waals surface area contributed by atoms with Crippen molar-refractivity contribution in [1.29, 1.82) is 0 Å². The molecule has 1 fully saturated rings. The average Bonchev–Trinajstić information content (AvgIpc) is 3.03. The van der Waals surface area contributed by atoms with Crippen LogP contribution in [0.15, 0.2) is 0 Å². The van der Waals surface area contributed by atoms with E-state index in [9.17, 15) is 0 Å². The highest BCUT2D eigenvalue weighted by Crippen LogP contribution is 2.29. The molecule has 3 nitrogen and oxygen atoms in total. The number of imidazole rings is 1. The predicted molar refractivity (Wildman–Crippen MR) is 82.8 cm³/mol. The summed E-state index contributed by atoms with van der Waals surface area (Å²) >= 11 is 0. The van der Waals surface area contributed by atoms with Crippen LogP contribution in [0.2, 0.25) is 0 Å². The molecule has 1 aromatic rings. The van der Waals surface area contributed by atoms with Gasteiger partial charge in [-0.1, -0.05) is 39.5 Å². The van der Waals surface area contributed by atoms with Gasteiger partial charge in [-0.05, 0) is 18.3 Å². The van der Waals surface area contributed by atoms with Gasteiger partial charge in [0, 0.05) is 38.2 Å². The van der Waals surface area contributed by atoms with Gasteiger partial charge in [-0.2, -0.15) is 0 Å². The maximum atomic E-state index is 4.94. The van der Waals surface area contributed by atoms with E-state index in [0.29, 0.717) is 5.92 Å². The molecule has 0 saturated heterocycles. The zero-order valence-corrected chi connectivity index (χ0v) is 13.1. The van der Waals surface area contributed by atoms with Crippen molar-refractivity contribution in [3.05, 3.63) is 17.2 Å². The van der Waals surface area contributed by atoms with Gasteiger partial charge in [0.2, 0.25) is 0 Å². The summed E-state index contributed by atoms with van der Waals surface area (Å²) in [6.07, 6.45) is 9.46. The van der Waals surface area contributed by atoms with Crippen molar-refractivity contribution >= 4 is 0 Å². The van der Waals surface area contributed by atoms with E-state index in [2.05, 4.69) is 23.7 Å². The Morgan fingerprint density at radius 2 is 2.10 bits per heavy atom. The van der Waals surface area contributed by atoms with E-state index in [0.717, 1.165) is 31.8 Å². The Morgan fingerprint density at radius 3 is 2.85 bits per heavy atom. The molecule has 112 valence electrons. The Hall–Kier alpha value is -0.830. The monoisotopic (exact) mass is 275 g/mol. The second-order valence-corrected chi connectivity index (χ2v) is 7.04. The minimum atomic E-state index is 0.692. The van der Waals surface area contributed by atoms with Gasteiger partial charge >= 0.3 is 0 Å². The molecule has 1 aromatic heterocycles. The topological polar surface area (TPSA) is 29.9 Å². The molecule has 0 amide bonds. The van der Waals surface area contributed by atoms with Crippen LogP contribution in [0, 0.1) is 11.8 Å². The summed E-state index contributed by atoms with van der Waals surface area (Å²) in [6, 6.07) is 0. The fourth-order valence-electron chi connectivity index (χ4n) is 3.82. The van der Waals surface area contributed by atoms with Crippen LogP contribution in [0.4, 0.5) is 0 Å². The smallest absolute Gasteiger partial charge is 0.109 e. The van der Waals surface area contributed by atoms with Crippen LogP contribution in [-0.4, -0.2) is 16.1 Å². The highest BCUT2D eigenvalue weighted by Gasteiger charge is 2.21. The summed E-state index contributed by atoms with van der Waals surface area (Å²) in [5, 5.41) is 3.46. The van der Waals surface area contributed by atoms with Crippen molar-refractivity contribution in [2.24, 2.45) is 11.8 Å². The van der Waals surface area contributed by atoms with E-state index < -0.39 is 0 Å². The summed E-state index contributed by atoms with van der Waals surface area (Å²) in [4.78, 5) is 4.94. The fraction of sp³-hybridized carbons (Fsp3) is 0.824. The Kier molecular flexibility index (Phi) is 4.45. The Labute approximate surface area is 123 Å². The second-order valence-electron chi connectivity index (χ2n) is 7.04. The van der Waals surface area contributed by atoms with Crippen molar-refractivity contribution in [3.63, 3.8) is 0 Å². The number of hydrogen-bond donors (Lipinski definition) is 1. The van der Waals surface area contributed by atoms with Crippen LogP contribution < -0.4 is 5.32 Å². The van der Waals surface area contributed by atoms with Crippen LogP contribution in [0.1, 0.15) is 63.2 Å². The first-order chi connectivity index (χ1) is 9.74. The lowest BCUT2D eigenvalue weighted by atomic mass is 10.0. The lowest BCUT2D eigenvalue weighted by Gasteiger charge is -2.18. The standard InChI is InChI=1S/C17H29N3/c1-13(2)11-17-19-15-12-18-9-7-16(15)20(17)10-8-14-5-3-4-6-14/h13-14,18H,3-12H2,1-2H3. The minimum absolute atomic E-state index is 0.692. The van der Waals surface area contributed by atoms with E-state index in [1.54, 1.807) is 0 Å². The maximum Gasteiger partial charge on any atom is 0.109 e. The highest BCUT2D eigenvalue weighted by molar-refractivity contribution is 5.20. The molecule has 20 heavy (non-hydrogen) atoms. The van der Waals surface area contributed by atoms with Crippen LogP contribution >= 0.6 is 0 Å². The number of aromatic nitrogens is 2. The van der Waals surface area contributed by atoms with Gasteiger partial charge in [0.25, 0.3) is 0 Å². The van der Waals surface area contributed by atoms with Crippen molar-refractivity contribution in [2.45, 2.75) is 71.9 Å². The van der Waals surface area contributed by atoms with Gasteiger partial charge in [0.05, 0.1) is 5.69 Å². The zero-order valence-electron chi connectivity index (χ0n) is 13.1. The van der Waals surface area contributed by atoms with Crippen molar-refractivity contribution in [1.82, 2.24) is 14.9 Å². The second kappa shape index (κ2) is 6.30. The first-order valence-electron chi connectivity index (χ1n) is 8.52. The van der Waals surface area contributed by atoms with Gasteiger partial charge in [0.1, 0.15) is 5.82 Å². The summed E-state index contributed by atoms with van der Waals surface area (Å²) in [5.41, 5.74) is 2.84. The van der Waals surface area contributed by atoms with E-state index >= 15 is 0 Å². The Balaban J connectivity index is 1.76. The van der Waals surface area contributed by atoms with E-state index in [-0.39, 0.29) is 0 Å². The summed E-state index contributed by atoms with van der Waals surface area (Å²) in [6.45, 7) is 7.88. The number of nitrogens with one attached hydrogen (secondary N) is 1. The number of hydrogen-bond acceptors (Lipinski definition) is 2. The molecule has 1 N–H and O–H groups in total. The van der Waals surface area contributed by atoms with Crippen LogP contribution in [0.5, 0.6) is 0 Å². The summed E-state index contributed by atoms with van der Waals surface area (Å²) in [5.74, 6) is 3.01. The third-order valence-corrected chi connectivity index (χ3v) is 4.89. The first kappa shape index (κ1) is 14.1. The van der Waals surface area contributed by atoms with Crippen LogP contribution in [0.25, 0.3) is 0 Å². The molecule has 0 atom stereocenters. The molecule has 2 aliphatic rings. The Bertz CT molecular complexity index is 441. The molecule has 0 radical (unpaired) electrons. The third kappa shape index (κ3) is 3.08. The molecule has 2 heterocycles. The van der Waals surface area contributed by atoms with Gasteiger partial charge < -0.3 is 9.88 Å². The van der Waals surface area contributed by atoms with Crippen molar-refractivity contribution in [3.8, 4) is 0 Å². The van der Waals surface area contributed by atoms with Gasteiger partial charge in [-0.3, -0.25) is 0 Å². The quantitative estimate of drug-likeness (QED) is 0.893. The lowest BCUT2D eigenvalue weighted by molar-refractivity contribution is 0.438. The molecule has 1 aliphatic carbocycles. The normalized spacial score (nSPS) is 19.8. The van der Waals surface area contributed by atoms with Crippen LogP contribution in [0.3, 0.4) is 0 Å². The van der Waals surface area contributed by atoms with E-state index in [1.807, 2.05) is 0 Å². The lowest BCUT2D eigenvalue weighted by Crippen LogP contribution is -2.25. The predicted octanol–water partition coefficient (Wildman–Crippen LogP) is 3.31. The molecule has 0 bridgehead atoms. The Morgan fingerprint density at radius 1 is 1.30 bits per heavy atom. The van der Waals surface area contributed by atoms with E-state index in [4.69, 9.17) is 4.98 Å². The van der Waals surface area contributed by atoms with Gasteiger partial charge in [0.15, 0.2) is 0 Å². The van der Waals surface area contributed by atoms with Crippen molar-refractivity contribution < 1.29 is 0 Å². The molecular weight excluding hydrogens is 246 g/mol. The zero-order chi connectivity index (χ0) is 13.9. The summed E-state index contributed by atoms with van der Waals surface area (Å²) in [7, 11) is 0. The molecule has 3 rings (SSSR count). The maximum absolute atomic E-state index is 4.94. The highest BCUT2D eigenvalue weighted by atomic mass is 15.1. The minimum Gasteiger partial charge on any atom is -0.332 e. The number of rotatable bonds is 5. The fourth-order valence-corrected chi connectivity index (χ4v) is 3.82. The van der Waals surface area contributed by atoms with Crippen molar-refractivity contribution in [2.75, 3.05) is 6.54 Å². The SMILES string of the molecule is CC(C)Cc1nc2c(n1CCC1CCCC1)CCNC2. The molecule has 1 saturated carbocycles. The summed E-state index contributed by atoms with van der Waals surface area (Å²) < 4.78 is 2.58. The molecule has 0 spiro atoms.